The first-order valence-electron chi connectivity index (χ1n) is 5.11. The maximum atomic E-state index is 11.8. The molecule has 1 saturated heterocycles. The Morgan fingerprint density at radius 1 is 1.33 bits per heavy atom. The Morgan fingerprint density at radius 2 is 1.94 bits per heavy atom. The molecule has 8 heteroatoms. The Morgan fingerprint density at radius 3 is 2.39 bits per heavy atom. The van der Waals surface area contributed by atoms with Crippen LogP contribution < -0.4 is 4.90 Å². The van der Waals surface area contributed by atoms with Crippen molar-refractivity contribution in [3.05, 3.63) is 15.9 Å². The van der Waals surface area contributed by atoms with E-state index < -0.39 is 0 Å². The van der Waals surface area contributed by atoms with Crippen LogP contribution >= 0.6 is 34.8 Å². The van der Waals surface area contributed by atoms with Gasteiger partial charge in [-0.15, -0.1) is 11.6 Å². The molecule has 0 aromatic carbocycles. The predicted octanol–water partition coefficient (Wildman–Crippen LogP) is 2.19. The highest BCUT2D eigenvalue weighted by molar-refractivity contribution is 6.37. The van der Waals surface area contributed by atoms with Gasteiger partial charge < -0.3 is 0 Å². The van der Waals surface area contributed by atoms with Crippen molar-refractivity contribution in [1.29, 1.82) is 0 Å². The highest BCUT2D eigenvalue weighted by Gasteiger charge is 2.32. The molecule has 0 N–H and O–H groups in total. The predicted molar refractivity (Wildman–Crippen MR) is 68.6 cm³/mol. The number of aldehydes is 1. The van der Waals surface area contributed by atoms with E-state index in [4.69, 9.17) is 34.8 Å². The SMILES string of the molecule is O=Cc1c(Cl)nc(N2CC(CCl)CC2=O)nc1Cl. The number of rotatable bonds is 3. The van der Waals surface area contributed by atoms with E-state index in [1.165, 1.54) is 4.90 Å². The number of nitrogens with zero attached hydrogens (tertiary/aromatic N) is 3. The number of anilines is 1. The maximum Gasteiger partial charge on any atom is 0.235 e. The monoisotopic (exact) mass is 307 g/mol. The van der Waals surface area contributed by atoms with Gasteiger partial charge in [-0.05, 0) is 5.92 Å². The second-order valence-corrected chi connectivity index (χ2v) is 4.89. The topological polar surface area (TPSA) is 63.2 Å². The van der Waals surface area contributed by atoms with E-state index in [1.54, 1.807) is 0 Å². The second-order valence-electron chi connectivity index (χ2n) is 3.87. The molecule has 1 atom stereocenters. The van der Waals surface area contributed by atoms with E-state index in [9.17, 15) is 9.59 Å². The van der Waals surface area contributed by atoms with E-state index in [-0.39, 0.29) is 33.6 Å². The molecular formula is C10H8Cl3N3O2. The standard InChI is InChI=1S/C10H8Cl3N3O2/c11-2-5-1-7(18)16(3-5)10-14-8(12)6(4-17)9(13)15-10/h4-5H,1-3H2. The quantitative estimate of drug-likeness (QED) is 0.488. The van der Waals surface area contributed by atoms with Crippen molar-refractivity contribution in [2.45, 2.75) is 6.42 Å². The van der Waals surface area contributed by atoms with Gasteiger partial charge in [-0.1, -0.05) is 23.2 Å². The van der Waals surface area contributed by atoms with Crippen LogP contribution in [-0.2, 0) is 4.79 Å². The van der Waals surface area contributed by atoms with Crippen molar-refractivity contribution in [2.75, 3.05) is 17.3 Å². The fourth-order valence-corrected chi connectivity index (χ4v) is 2.38. The normalized spacial score (nSPS) is 19.4. The number of aromatic nitrogens is 2. The molecule has 0 spiro atoms. The van der Waals surface area contributed by atoms with Gasteiger partial charge in [0, 0.05) is 18.8 Å². The van der Waals surface area contributed by atoms with Crippen molar-refractivity contribution >= 4 is 52.9 Å². The fraction of sp³-hybridized carbons (Fsp3) is 0.400. The van der Waals surface area contributed by atoms with Crippen LogP contribution in [0.15, 0.2) is 0 Å². The van der Waals surface area contributed by atoms with Gasteiger partial charge in [0.2, 0.25) is 11.9 Å². The number of hydrogen-bond donors (Lipinski definition) is 0. The number of alkyl halides is 1. The van der Waals surface area contributed by atoms with Crippen LogP contribution in [0.1, 0.15) is 16.8 Å². The highest BCUT2D eigenvalue weighted by atomic mass is 35.5. The van der Waals surface area contributed by atoms with Gasteiger partial charge in [-0.3, -0.25) is 14.5 Å². The van der Waals surface area contributed by atoms with Crippen LogP contribution in [0.3, 0.4) is 0 Å². The molecule has 1 aromatic rings. The van der Waals surface area contributed by atoms with Crippen LogP contribution in [0, 0.1) is 5.92 Å². The summed E-state index contributed by atoms with van der Waals surface area (Å²) in [6, 6.07) is 0. The third-order valence-corrected chi connectivity index (χ3v) is 3.64. The molecule has 2 heterocycles. The van der Waals surface area contributed by atoms with E-state index >= 15 is 0 Å². The van der Waals surface area contributed by atoms with Crippen LogP contribution in [0.5, 0.6) is 0 Å². The molecule has 1 aliphatic rings. The largest absolute Gasteiger partial charge is 0.298 e. The van der Waals surface area contributed by atoms with Gasteiger partial charge >= 0.3 is 0 Å². The summed E-state index contributed by atoms with van der Waals surface area (Å²) in [6.45, 7) is 0.426. The van der Waals surface area contributed by atoms with Crippen molar-refractivity contribution in [3.8, 4) is 0 Å². The lowest BCUT2D eigenvalue weighted by Gasteiger charge is -2.14. The zero-order valence-corrected chi connectivity index (χ0v) is 11.3. The van der Waals surface area contributed by atoms with E-state index in [1.807, 2.05) is 0 Å². The minimum absolute atomic E-state index is 0.0163. The molecule has 1 aliphatic heterocycles. The molecule has 1 amide bonds. The molecule has 0 radical (unpaired) electrons. The highest BCUT2D eigenvalue weighted by Crippen LogP contribution is 2.27. The summed E-state index contributed by atoms with van der Waals surface area (Å²) in [4.78, 5) is 31.6. The maximum absolute atomic E-state index is 11.8. The average molecular weight is 309 g/mol. The smallest absolute Gasteiger partial charge is 0.235 e. The summed E-state index contributed by atoms with van der Waals surface area (Å²) >= 11 is 17.3. The summed E-state index contributed by atoms with van der Waals surface area (Å²) < 4.78 is 0. The number of carbonyl (C=O) groups excluding carboxylic acids is 2. The van der Waals surface area contributed by atoms with Gasteiger partial charge in [0.25, 0.3) is 0 Å². The van der Waals surface area contributed by atoms with E-state index in [2.05, 4.69) is 9.97 Å². The Labute approximate surface area is 118 Å². The Kier molecular flexibility index (Phi) is 4.04. The first-order chi connectivity index (χ1) is 8.56. The van der Waals surface area contributed by atoms with Gasteiger partial charge in [-0.25, -0.2) is 0 Å². The van der Waals surface area contributed by atoms with Crippen LogP contribution in [0.4, 0.5) is 5.95 Å². The van der Waals surface area contributed by atoms with Gasteiger partial charge in [0.1, 0.15) is 10.3 Å². The summed E-state index contributed by atoms with van der Waals surface area (Å²) in [7, 11) is 0. The second kappa shape index (κ2) is 5.38. The lowest BCUT2D eigenvalue weighted by molar-refractivity contribution is -0.117. The number of amides is 1. The molecule has 18 heavy (non-hydrogen) atoms. The van der Waals surface area contributed by atoms with Crippen molar-refractivity contribution in [1.82, 2.24) is 9.97 Å². The van der Waals surface area contributed by atoms with Crippen LogP contribution in [0.25, 0.3) is 0 Å². The Hall–Kier alpha value is -0.910. The zero-order chi connectivity index (χ0) is 13.3. The number of hydrogen-bond acceptors (Lipinski definition) is 4. The van der Waals surface area contributed by atoms with Crippen molar-refractivity contribution < 1.29 is 9.59 Å². The van der Waals surface area contributed by atoms with Gasteiger partial charge in [-0.2, -0.15) is 9.97 Å². The molecule has 2 rings (SSSR count). The average Bonchev–Trinajstić information content (AvgIpc) is 2.70. The molecule has 1 aromatic heterocycles. The molecule has 1 unspecified atom stereocenters. The molecular weight excluding hydrogens is 300 g/mol. The van der Waals surface area contributed by atoms with E-state index in [0.717, 1.165) is 0 Å². The fourth-order valence-electron chi connectivity index (χ4n) is 1.70. The van der Waals surface area contributed by atoms with E-state index in [0.29, 0.717) is 25.1 Å². The van der Waals surface area contributed by atoms with Crippen molar-refractivity contribution in [3.63, 3.8) is 0 Å². The minimum Gasteiger partial charge on any atom is -0.298 e. The lowest BCUT2D eigenvalue weighted by atomic mass is 10.2. The third-order valence-electron chi connectivity index (χ3n) is 2.62. The van der Waals surface area contributed by atoms with Crippen LogP contribution in [0.2, 0.25) is 10.3 Å². The van der Waals surface area contributed by atoms with Crippen molar-refractivity contribution in [2.24, 2.45) is 5.92 Å². The lowest BCUT2D eigenvalue weighted by Crippen LogP contribution is -2.27. The number of halogens is 3. The summed E-state index contributed by atoms with van der Waals surface area (Å²) in [5.74, 6) is 0.418. The number of carbonyl (C=O) groups is 2. The molecule has 5 nitrogen and oxygen atoms in total. The summed E-state index contributed by atoms with van der Waals surface area (Å²) in [5.41, 5.74) is 0.0163. The first kappa shape index (κ1) is 13.5. The first-order valence-corrected chi connectivity index (χ1v) is 6.40. The van der Waals surface area contributed by atoms with Crippen LogP contribution in [-0.4, -0.2) is 34.6 Å². The minimum atomic E-state index is -0.133. The Balaban J connectivity index is 2.35. The summed E-state index contributed by atoms with van der Waals surface area (Å²) in [6.07, 6.45) is 0.819. The summed E-state index contributed by atoms with van der Waals surface area (Å²) in [5, 5.41) is -0.135. The molecule has 96 valence electrons. The molecule has 0 bridgehead atoms. The zero-order valence-electron chi connectivity index (χ0n) is 9.07. The third kappa shape index (κ3) is 2.43. The molecule has 0 aliphatic carbocycles. The van der Waals surface area contributed by atoms with Gasteiger partial charge in [0.05, 0.1) is 5.56 Å². The molecule has 0 saturated carbocycles. The molecule has 1 fully saturated rings. The Bertz CT molecular complexity index is 486. The van der Waals surface area contributed by atoms with Gasteiger partial charge in [0.15, 0.2) is 6.29 Å².